The van der Waals surface area contributed by atoms with Gasteiger partial charge in [0.15, 0.2) is 22.9 Å². The van der Waals surface area contributed by atoms with Crippen LogP contribution in [-0.2, 0) is 35.5 Å². The topological polar surface area (TPSA) is 272 Å². The molecule has 0 aliphatic carbocycles. The van der Waals surface area contributed by atoms with Crippen molar-refractivity contribution in [1.29, 1.82) is 0 Å². The number of ether oxygens (including phenoxy) is 2. The Bertz CT molecular complexity index is 2210. The van der Waals surface area contributed by atoms with E-state index in [-0.39, 0.29) is 61.0 Å². The highest BCUT2D eigenvalue weighted by atomic mass is 16.5. The molecule has 0 aliphatic heterocycles. The third-order valence-electron chi connectivity index (χ3n) is 8.09. The molecule has 0 unspecified atom stereocenters. The number of imidazole rings is 2. The third-order valence-corrected chi connectivity index (χ3v) is 8.09. The van der Waals surface area contributed by atoms with Crippen molar-refractivity contribution in [2.24, 2.45) is 0 Å². The molecular weight excluding hydrogens is 700 g/mol. The zero-order valence-electron chi connectivity index (χ0n) is 29.9. The molecule has 18 heteroatoms. The quantitative estimate of drug-likeness (QED) is 0.0778. The summed E-state index contributed by atoms with van der Waals surface area (Å²) in [7, 11) is 0. The molecule has 6 rings (SSSR count). The zero-order valence-corrected chi connectivity index (χ0v) is 29.9. The number of carbonyl (C=O) groups is 2. The van der Waals surface area contributed by atoms with Crippen molar-refractivity contribution < 1.29 is 29.3 Å². The molecule has 284 valence electrons. The highest BCUT2D eigenvalue weighted by Gasteiger charge is 2.17. The van der Waals surface area contributed by atoms with Gasteiger partial charge in [-0.05, 0) is 35.1 Å². The lowest BCUT2D eigenvalue weighted by Gasteiger charge is -2.07. The van der Waals surface area contributed by atoms with E-state index in [0.29, 0.717) is 46.7 Å². The summed E-state index contributed by atoms with van der Waals surface area (Å²) in [6.45, 7) is 5.46. The number of nitrogens with zero attached hydrogens (tertiary/aromatic N) is 6. The molecule has 18 nitrogen and oxygen atoms in total. The molecule has 0 amide bonds. The number of carboxylic acid groups (broad SMARTS) is 2. The Labute approximate surface area is 307 Å². The van der Waals surface area contributed by atoms with E-state index in [0.717, 1.165) is 36.8 Å². The Morgan fingerprint density at radius 3 is 1.43 bits per heavy atom. The van der Waals surface area contributed by atoms with Gasteiger partial charge >= 0.3 is 35.3 Å². The molecule has 0 spiro atoms. The van der Waals surface area contributed by atoms with Crippen LogP contribution in [0.1, 0.15) is 61.8 Å². The minimum atomic E-state index is -0.911. The lowest BCUT2D eigenvalue weighted by Crippen LogP contribution is -2.18. The van der Waals surface area contributed by atoms with E-state index in [9.17, 15) is 19.2 Å². The summed E-state index contributed by atoms with van der Waals surface area (Å²) in [4.78, 5) is 68.7. The third kappa shape index (κ3) is 9.78. The predicted molar refractivity (Wildman–Crippen MR) is 200 cm³/mol. The number of aliphatic carboxylic acids is 2. The summed E-state index contributed by atoms with van der Waals surface area (Å²) < 4.78 is 13.9. The molecule has 0 bridgehead atoms. The summed E-state index contributed by atoms with van der Waals surface area (Å²) in [6, 6.07) is 14.4. The van der Waals surface area contributed by atoms with Crippen molar-refractivity contribution in [2.75, 3.05) is 24.7 Å². The van der Waals surface area contributed by atoms with Crippen LogP contribution in [0.5, 0.6) is 12.0 Å². The number of aromatic nitrogens is 8. The number of carboxylic acids is 2. The van der Waals surface area contributed by atoms with E-state index in [1.165, 1.54) is 9.13 Å². The molecule has 4 aromatic heterocycles. The SMILES string of the molecule is CCCCOc1nc(N)c2[nH]c(=O)n(Cc3cccc(CC(=O)O)c3)c2n1.CCCCOc1nc(N)c2[nH]c(=O)n(Cc3cccc(CC(=O)O)c3)c2n1. The fourth-order valence-corrected chi connectivity index (χ4v) is 5.49. The molecule has 6 aromatic rings. The highest BCUT2D eigenvalue weighted by Crippen LogP contribution is 2.21. The van der Waals surface area contributed by atoms with Crippen LogP contribution < -0.4 is 32.3 Å². The number of hydrogen-bond donors (Lipinski definition) is 6. The van der Waals surface area contributed by atoms with Crippen molar-refractivity contribution in [2.45, 2.75) is 65.5 Å². The van der Waals surface area contributed by atoms with Crippen molar-refractivity contribution in [3.05, 3.63) is 91.8 Å². The predicted octanol–water partition coefficient (Wildman–Crippen LogP) is 3.11. The average molecular weight is 743 g/mol. The minimum absolute atomic E-state index is 0.0822. The molecule has 0 fully saturated rings. The van der Waals surface area contributed by atoms with Crippen LogP contribution in [0.15, 0.2) is 58.1 Å². The van der Waals surface area contributed by atoms with Gasteiger partial charge in [-0.3, -0.25) is 18.7 Å². The van der Waals surface area contributed by atoms with Gasteiger partial charge in [0, 0.05) is 0 Å². The Morgan fingerprint density at radius 2 is 1.06 bits per heavy atom. The number of nitrogen functional groups attached to an aromatic ring is 2. The van der Waals surface area contributed by atoms with Gasteiger partial charge in [0.2, 0.25) is 0 Å². The summed E-state index contributed by atoms with van der Waals surface area (Å²) in [6.07, 6.45) is 3.50. The van der Waals surface area contributed by atoms with Crippen LogP contribution in [0, 0.1) is 0 Å². The first-order valence-electron chi connectivity index (χ1n) is 17.3. The number of nitrogens with one attached hydrogen (secondary N) is 2. The van der Waals surface area contributed by atoms with Crippen LogP contribution >= 0.6 is 0 Å². The van der Waals surface area contributed by atoms with Crippen molar-refractivity contribution in [3.63, 3.8) is 0 Å². The number of unbranched alkanes of at least 4 members (excludes halogenated alkanes) is 2. The second-order valence-electron chi connectivity index (χ2n) is 12.4. The van der Waals surface area contributed by atoms with E-state index in [2.05, 4.69) is 29.9 Å². The fourth-order valence-electron chi connectivity index (χ4n) is 5.49. The molecule has 0 aliphatic rings. The maximum Gasteiger partial charge on any atom is 0.328 e. The number of fused-ring (bicyclic) bond motifs is 2. The Hall–Kier alpha value is -6.72. The van der Waals surface area contributed by atoms with Crippen molar-refractivity contribution >= 4 is 45.9 Å². The molecule has 4 heterocycles. The Balaban J connectivity index is 0.000000208. The summed E-state index contributed by atoms with van der Waals surface area (Å²) in [5.74, 6) is -1.54. The number of anilines is 2. The van der Waals surface area contributed by atoms with Gasteiger partial charge in [-0.25, -0.2) is 9.59 Å². The number of aromatic amines is 2. The monoisotopic (exact) mass is 742 g/mol. The maximum absolute atomic E-state index is 12.4. The van der Waals surface area contributed by atoms with E-state index in [1.54, 1.807) is 36.4 Å². The second-order valence-corrected chi connectivity index (χ2v) is 12.4. The highest BCUT2D eigenvalue weighted by molar-refractivity contribution is 5.82. The van der Waals surface area contributed by atoms with Crippen LogP contribution in [0.4, 0.5) is 11.6 Å². The van der Waals surface area contributed by atoms with Gasteiger partial charge < -0.3 is 41.1 Å². The van der Waals surface area contributed by atoms with Crippen LogP contribution in [0.25, 0.3) is 22.3 Å². The lowest BCUT2D eigenvalue weighted by molar-refractivity contribution is -0.137. The Morgan fingerprint density at radius 1 is 0.667 bits per heavy atom. The van der Waals surface area contributed by atoms with Gasteiger partial charge in [0.05, 0.1) is 39.1 Å². The number of rotatable bonds is 16. The molecule has 0 saturated heterocycles. The number of hydrogen-bond acceptors (Lipinski definition) is 12. The fraction of sp³-hybridized carbons (Fsp3) is 0.333. The standard InChI is InChI=1S/2C18H21N5O4/c2*1-2-3-7-27-17-21-15(19)14-16(22-17)23(18(26)20-14)10-12-6-4-5-11(8-12)9-13(24)25/h2*4-6,8H,2-3,7,9-10H2,1H3,(H,20,26)(H,24,25)(H2,19,21,22). The molecule has 0 saturated carbocycles. The molecule has 0 radical (unpaired) electrons. The minimum Gasteiger partial charge on any atom is -0.481 e. The van der Waals surface area contributed by atoms with Gasteiger partial charge in [0.1, 0.15) is 11.0 Å². The number of benzene rings is 2. The van der Waals surface area contributed by atoms with Gasteiger partial charge in [0.25, 0.3) is 0 Å². The van der Waals surface area contributed by atoms with Gasteiger partial charge in [-0.2, -0.15) is 19.9 Å². The van der Waals surface area contributed by atoms with E-state index < -0.39 is 11.9 Å². The smallest absolute Gasteiger partial charge is 0.328 e. The van der Waals surface area contributed by atoms with Gasteiger partial charge in [-0.1, -0.05) is 75.2 Å². The van der Waals surface area contributed by atoms with E-state index >= 15 is 0 Å². The van der Waals surface area contributed by atoms with E-state index in [1.807, 2.05) is 26.0 Å². The number of nitrogens with two attached hydrogens (primary N) is 2. The van der Waals surface area contributed by atoms with Crippen LogP contribution in [-0.4, -0.2) is 74.4 Å². The lowest BCUT2D eigenvalue weighted by atomic mass is 10.1. The maximum atomic E-state index is 12.4. The zero-order chi connectivity index (χ0) is 38.8. The largest absolute Gasteiger partial charge is 0.481 e. The molecular formula is C36H42N10O8. The normalized spacial score (nSPS) is 11.0. The summed E-state index contributed by atoms with van der Waals surface area (Å²) in [5.41, 5.74) is 15.4. The molecule has 8 N–H and O–H groups in total. The molecule has 0 atom stereocenters. The second kappa shape index (κ2) is 17.7. The molecule has 54 heavy (non-hydrogen) atoms. The van der Waals surface area contributed by atoms with Crippen LogP contribution in [0.3, 0.4) is 0 Å². The first-order valence-corrected chi connectivity index (χ1v) is 17.3. The first-order chi connectivity index (χ1) is 25.9. The van der Waals surface area contributed by atoms with Crippen molar-refractivity contribution in [1.82, 2.24) is 39.0 Å². The van der Waals surface area contributed by atoms with Crippen LogP contribution in [0.2, 0.25) is 0 Å². The van der Waals surface area contributed by atoms with Crippen molar-refractivity contribution in [3.8, 4) is 12.0 Å². The first kappa shape index (κ1) is 38.5. The summed E-state index contributed by atoms with van der Waals surface area (Å²) in [5, 5.41) is 17.9. The van der Waals surface area contributed by atoms with E-state index in [4.69, 9.17) is 31.2 Å². The average Bonchev–Trinajstić information content (AvgIpc) is 3.60. The number of H-pyrrole nitrogens is 2. The molecule has 2 aromatic carbocycles. The summed E-state index contributed by atoms with van der Waals surface area (Å²) >= 11 is 0. The van der Waals surface area contributed by atoms with Gasteiger partial charge in [-0.15, -0.1) is 0 Å². The Kier molecular flexibility index (Phi) is 12.6.